The van der Waals surface area contributed by atoms with E-state index >= 15 is 0 Å². The van der Waals surface area contributed by atoms with Gasteiger partial charge in [0.25, 0.3) is 0 Å². The first-order chi connectivity index (χ1) is 13.2. The number of benzene rings is 1. The molecular formula is C20H24FN3O4. The van der Waals surface area contributed by atoms with E-state index in [2.05, 4.69) is 10.3 Å². The molecule has 0 aliphatic carbocycles. The second-order valence-corrected chi connectivity index (χ2v) is 7.69. The predicted octanol–water partition coefficient (Wildman–Crippen LogP) is 2.07. The van der Waals surface area contributed by atoms with Gasteiger partial charge in [-0.15, -0.1) is 0 Å². The minimum Gasteiger partial charge on any atom is -0.481 e. The number of rotatable bonds is 5. The van der Waals surface area contributed by atoms with E-state index in [4.69, 9.17) is 0 Å². The minimum absolute atomic E-state index is 0.107. The van der Waals surface area contributed by atoms with Gasteiger partial charge in [-0.25, -0.2) is 4.39 Å². The van der Waals surface area contributed by atoms with E-state index in [1.165, 1.54) is 24.0 Å². The van der Waals surface area contributed by atoms with Crippen molar-refractivity contribution in [3.8, 4) is 0 Å². The third kappa shape index (κ3) is 4.00. The van der Waals surface area contributed by atoms with Gasteiger partial charge < -0.3 is 20.3 Å². The van der Waals surface area contributed by atoms with Gasteiger partial charge in [0.05, 0.1) is 5.41 Å². The van der Waals surface area contributed by atoms with Crippen molar-refractivity contribution < 1.29 is 23.9 Å². The lowest BCUT2D eigenvalue weighted by Gasteiger charge is -2.39. The van der Waals surface area contributed by atoms with Crippen LogP contribution in [0.3, 0.4) is 0 Å². The third-order valence-electron chi connectivity index (χ3n) is 5.35. The summed E-state index contributed by atoms with van der Waals surface area (Å²) in [6, 6.07) is 3.53. The number of carboxylic acids is 1. The van der Waals surface area contributed by atoms with Crippen molar-refractivity contribution >= 4 is 28.7 Å². The Balaban J connectivity index is 1.84. The Morgan fingerprint density at radius 1 is 1.39 bits per heavy atom. The van der Waals surface area contributed by atoms with Gasteiger partial charge in [-0.1, -0.05) is 0 Å². The number of aliphatic carboxylic acids is 1. The van der Waals surface area contributed by atoms with E-state index in [1.807, 2.05) is 0 Å². The number of aromatic nitrogens is 1. The molecule has 0 spiro atoms. The number of hydrogen-bond donors (Lipinski definition) is 3. The standard InChI is InChI=1S/C20H24FN3O4/c1-12(25)23-17(8-13-10-22-16-9-14(21)4-5-15(13)16)18(26)24-7-3-6-20(2,11-24)19(27)28/h4-5,9-10,17,22H,3,6-8,11H2,1-2H3,(H,23,25)(H,27,28). The van der Waals surface area contributed by atoms with Crippen molar-refractivity contribution in [2.24, 2.45) is 5.41 Å². The third-order valence-corrected chi connectivity index (χ3v) is 5.35. The minimum atomic E-state index is -0.993. The van der Waals surface area contributed by atoms with Crippen LogP contribution in [0.2, 0.25) is 0 Å². The summed E-state index contributed by atoms with van der Waals surface area (Å²) < 4.78 is 13.4. The van der Waals surface area contributed by atoms with Crippen molar-refractivity contribution in [2.45, 2.75) is 39.2 Å². The molecule has 7 nitrogen and oxygen atoms in total. The Morgan fingerprint density at radius 2 is 2.14 bits per heavy atom. The highest BCUT2D eigenvalue weighted by atomic mass is 19.1. The second-order valence-electron chi connectivity index (χ2n) is 7.69. The van der Waals surface area contributed by atoms with Gasteiger partial charge in [-0.05, 0) is 43.5 Å². The first-order valence-corrected chi connectivity index (χ1v) is 9.24. The van der Waals surface area contributed by atoms with Crippen LogP contribution < -0.4 is 5.32 Å². The zero-order valence-electron chi connectivity index (χ0n) is 15.9. The highest BCUT2D eigenvalue weighted by Gasteiger charge is 2.40. The predicted molar refractivity (Wildman–Crippen MR) is 101 cm³/mol. The maximum absolute atomic E-state index is 13.4. The fraction of sp³-hybridized carbons (Fsp3) is 0.450. The smallest absolute Gasteiger partial charge is 0.311 e. The summed E-state index contributed by atoms with van der Waals surface area (Å²) in [6.45, 7) is 3.53. The second kappa shape index (κ2) is 7.61. The number of carbonyl (C=O) groups excluding carboxylic acids is 2. The van der Waals surface area contributed by atoms with Crippen molar-refractivity contribution in [3.05, 3.63) is 35.8 Å². The Kier molecular flexibility index (Phi) is 5.40. The highest BCUT2D eigenvalue weighted by molar-refractivity contribution is 5.89. The number of nitrogens with one attached hydrogen (secondary N) is 2. The van der Waals surface area contributed by atoms with Gasteiger partial charge in [0.15, 0.2) is 0 Å². The van der Waals surface area contributed by atoms with Gasteiger partial charge in [-0.2, -0.15) is 0 Å². The molecule has 8 heteroatoms. The van der Waals surface area contributed by atoms with E-state index in [0.717, 1.165) is 10.9 Å². The summed E-state index contributed by atoms with van der Waals surface area (Å²) in [4.78, 5) is 40.9. The molecule has 1 saturated heterocycles. The molecular weight excluding hydrogens is 365 g/mol. The molecule has 3 N–H and O–H groups in total. The van der Waals surface area contributed by atoms with Crippen LogP contribution in [0.25, 0.3) is 10.9 Å². The molecule has 2 aromatic rings. The number of amides is 2. The zero-order chi connectivity index (χ0) is 20.5. The Labute approximate surface area is 161 Å². The van der Waals surface area contributed by atoms with E-state index in [0.29, 0.717) is 24.9 Å². The van der Waals surface area contributed by atoms with Gasteiger partial charge in [0.2, 0.25) is 11.8 Å². The van der Waals surface area contributed by atoms with E-state index in [1.54, 1.807) is 19.2 Å². The van der Waals surface area contributed by atoms with Crippen molar-refractivity contribution in [2.75, 3.05) is 13.1 Å². The summed E-state index contributed by atoms with van der Waals surface area (Å²) in [6.07, 6.45) is 3.02. The fourth-order valence-electron chi connectivity index (χ4n) is 3.82. The number of H-pyrrole nitrogens is 1. The Morgan fingerprint density at radius 3 is 2.82 bits per heavy atom. The molecule has 1 aliphatic rings. The molecule has 1 aromatic carbocycles. The van der Waals surface area contributed by atoms with E-state index in [9.17, 15) is 23.9 Å². The van der Waals surface area contributed by atoms with Crippen LogP contribution in [0.15, 0.2) is 24.4 Å². The summed E-state index contributed by atoms with van der Waals surface area (Å²) in [5, 5.41) is 12.9. The molecule has 28 heavy (non-hydrogen) atoms. The monoisotopic (exact) mass is 389 g/mol. The average molecular weight is 389 g/mol. The number of carbonyl (C=O) groups is 3. The summed E-state index contributed by atoms with van der Waals surface area (Å²) in [7, 11) is 0. The molecule has 0 saturated carbocycles. The number of aromatic amines is 1. The first-order valence-electron chi connectivity index (χ1n) is 9.24. The maximum atomic E-state index is 13.4. The van der Waals surface area contributed by atoms with Crippen molar-refractivity contribution in [3.63, 3.8) is 0 Å². The summed E-state index contributed by atoms with van der Waals surface area (Å²) in [5.41, 5.74) is 0.396. The summed E-state index contributed by atoms with van der Waals surface area (Å²) in [5.74, 6) is -1.95. The van der Waals surface area contributed by atoms with Crippen LogP contribution >= 0.6 is 0 Å². The van der Waals surface area contributed by atoms with Gasteiger partial charge >= 0.3 is 5.97 Å². The zero-order valence-corrected chi connectivity index (χ0v) is 15.9. The summed E-state index contributed by atoms with van der Waals surface area (Å²) >= 11 is 0. The molecule has 1 fully saturated rings. The van der Waals surface area contributed by atoms with Gasteiger partial charge in [-0.3, -0.25) is 14.4 Å². The molecule has 0 radical (unpaired) electrons. The van der Waals surface area contributed by atoms with Crippen molar-refractivity contribution in [1.82, 2.24) is 15.2 Å². The number of nitrogens with zero attached hydrogens (tertiary/aromatic N) is 1. The largest absolute Gasteiger partial charge is 0.481 e. The molecule has 1 aromatic heterocycles. The number of carboxylic acid groups (broad SMARTS) is 1. The van der Waals surface area contributed by atoms with Gasteiger partial charge in [0.1, 0.15) is 11.9 Å². The van der Waals surface area contributed by atoms with Crippen LogP contribution in [0.1, 0.15) is 32.3 Å². The topological polar surface area (TPSA) is 103 Å². The first kappa shape index (κ1) is 19.9. The van der Waals surface area contributed by atoms with Crippen molar-refractivity contribution in [1.29, 1.82) is 0 Å². The molecule has 2 unspecified atom stereocenters. The molecule has 2 amide bonds. The lowest BCUT2D eigenvalue weighted by molar-refractivity contribution is -0.154. The number of likely N-dealkylation sites (tertiary alicyclic amines) is 1. The number of halogens is 1. The van der Waals surface area contributed by atoms with Crippen LogP contribution in [0, 0.1) is 11.2 Å². The lowest BCUT2D eigenvalue weighted by atomic mass is 9.81. The van der Waals surface area contributed by atoms with Crippen LogP contribution in [-0.2, 0) is 20.8 Å². The quantitative estimate of drug-likeness (QED) is 0.728. The lowest BCUT2D eigenvalue weighted by Crippen LogP contribution is -2.55. The Bertz CT molecular complexity index is 925. The van der Waals surface area contributed by atoms with Crippen LogP contribution in [0.5, 0.6) is 0 Å². The number of hydrogen-bond acceptors (Lipinski definition) is 3. The maximum Gasteiger partial charge on any atom is 0.311 e. The SMILES string of the molecule is CC(=O)NC(Cc1c[nH]c2cc(F)ccc12)C(=O)N1CCCC(C)(C(=O)O)C1. The molecule has 2 atom stereocenters. The van der Waals surface area contributed by atoms with E-state index < -0.39 is 17.4 Å². The molecule has 0 bridgehead atoms. The normalized spacial score (nSPS) is 20.8. The fourth-order valence-corrected chi connectivity index (χ4v) is 3.82. The van der Waals surface area contributed by atoms with Gasteiger partial charge in [0, 0.05) is 43.5 Å². The molecule has 2 heterocycles. The Hall–Kier alpha value is -2.90. The van der Waals surface area contributed by atoms with E-state index in [-0.39, 0.29) is 30.6 Å². The van der Waals surface area contributed by atoms with Crippen LogP contribution in [-0.4, -0.2) is 51.9 Å². The molecule has 150 valence electrons. The number of piperidine rings is 1. The number of fused-ring (bicyclic) bond motifs is 1. The molecule has 1 aliphatic heterocycles. The highest BCUT2D eigenvalue weighted by Crippen LogP contribution is 2.30. The van der Waals surface area contributed by atoms with Crippen LogP contribution in [0.4, 0.5) is 4.39 Å². The molecule has 3 rings (SSSR count). The average Bonchev–Trinajstić information content (AvgIpc) is 3.02.